The van der Waals surface area contributed by atoms with Gasteiger partial charge in [0.25, 0.3) is 18.3 Å². The lowest BCUT2D eigenvalue weighted by Gasteiger charge is -2.37. The number of hydrogen-bond acceptors (Lipinski definition) is 15. The molecule has 2 unspecified atom stereocenters. The number of hydrogen-bond donors (Lipinski definition) is 1. The Morgan fingerprint density at radius 2 is 1.56 bits per heavy atom. The lowest BCUT2D eigenvalue weighted by molar-refractivity contribution is -0.136. The fourth-order valence-corrected chi connectivity index (χ4v) is 13.7. The van der Waals surface area contributed by atoms with Gasteiger partial charge in [-0.15, -0.1) is 6.42 Å². The lowest BCUT2D eigenvalue weighted by Crippen LogP contribution is -2.54. The fraction of sp³-hybridized carbons (Fsp3) is 0.508. The van der Waals surface area contributed by atoms with Gasteiger partial charge >= 0.3 is 6.01 Å². The highest BCUT2D eigenvalue weighted by molar-refractivity contribution is 6.23. The van der Waals surface area contributed by atoms with Gasteiger partial charge in [0.05, 0.1) is 53.1 Å². The van der Waals surface area contributed by atoms with E-state index >= 15 is 4.39 Å². The number of aryl methyl sites for hydroxylation is 1. The number of rotatable bonds is 9. The number of fused-ring (bicyclic) bond motifs is 5. The highest BCUT2D eigenvalue weighted by atomic mass is 19.1. The van der Waals surface area contributed by atoms with E-state index in [9.17, 15) is 23.6 Å². The van der Waals surface area contributed by atoms with E-state index in [4.69, 9.17) is 35.6 Å². The number of halogens is 2. The normalized spacial score (nSPS) is 22.3. The van der Waals surface area contributed by atoms with E-state index in [2.05, 4.69) is 42.6 Å². The molecule has 3 aromatic carbocycles. The molecule has 10 heterocycles. The number of imide groups is 2. The van der Waals surface area contributed by atoms with E-state index in [-0.39, 0.29) is 53.1 Å². The Labute approximate surface area is 464 Å². The van der Waals surface area contributed by atoms with Gasteiger partial charge in [0.2, 0.25) is 11.8 Å². The van der Waals surface area contributed by atoms with Crippen LogP contribution >= 0.6 is 0 Å². The third-order valence-corrected chi connectivity index (χ3v) is 17.9. The van der Waals surface area contributed by atoms with Crippen molar-refractivity contribution >= 4 is 63.3 Å². The predicted octanol–water partition coefficient (Wildman–Crippen LogP) is 7.48. The molecule has 420 valence electrons. The van der Waals surface area contributed by atoms with Gasteiger partial charge in [0.1, 0.15) is 35.5 Å². The summed E-state index contributed by atoms with van der Waals surface area (Å²) in [5.74, 6) is 1.79. The molecule has 80 heavy (non-hydrogen) atoms. The lowest BCUT2D eigenvalue weighted by atomic mass is 9.83. The number of methoxy groups -OCH3 is 1. The van der Waals surface area contributed by atoms with E-state index in [1.807, 2.05) is 18.2 Å². The van der Waals surface area contributed by atoms with Crippen LogP contribution in [0.3, 0.4) is 0 Å². The smallest absolute Gasteiger partial charge is 0.319 e. The summed E-state index contributed by atoms with van der Waals surface area (Å²) in [4.78, 5) is 83.8. The minimum Gasteiger partial charge on any atom is -0.471 e. The summed E-state index contributed by atoms with van der Waals surface area (Å²) in [6, 6.07) is 13.2. The minimum absolute atomic E-state index is 0.00280. The molecule has 4 amide bonds. The molecule has 0 radical (unpaired) electrons. The SMILES string of the molecule is C#Cc1c(F)ccc2cccc(-c3nc4c5c(nc(OCC67CCCN6CCC7)nc5c3F)N3CCCOCC3CC4)c12.CN1CCC(CC2CCN(c3ccc4c(c3)C(=O)N(C3CCC(=O)NC3=O)C4=O)CC2)CC1.COC=O. The average molecular weight is 1090 g/mol. The number of likely N-dealkylation sites (tertiary alicyclic amines) is 1. The molecule has 6 saturated heterocycles. The topological polar surface area (TPSA) is 180 Å². The number of piperidine rings is 3. The van der Waals surface area contributed by atoms with Crippen LogP contribution in [0.5, 0.6) is 6.01 Å². The summed E-state index contributed by atoms with van der Waals surface area (Å²) in [6.45, 7) is 9.33. The number of anilines is 2. The molecular formula is C61H69F2N9O8. The quantitative estimate of drug-likeness (QED) is 0.0872. The molecule has 8 aliphatic rings. The Hall–Kier alpha value is -7.14. The molecule has 2 aromatic heterocycles. The standard InChI is InChI=1S/C34H33F2N5O2.C25H32N4O4.C2H4O2/c1-2-23-25(35)11-9-21-7-3-8-24(27(21)23)30-29(36)31-28-26(37-30)12-10-22-19-42-18-6-17-41(22)32(28)39-33(38-31)43-20-34-13-4-15-40(34)16-5-14-34;1-27-10-6-16(7-11-27)14-17-8-12-28(13-9-17)18-2-3-19-20(15-18)25(33)29(24(19)32)21-4-5-22(30)26-23(21)31;1-4-2-3/h1,3,7-9,11,22H,4-6,10,12-20H2;2-3,15-17,21H,4-14H2,1H3,(H,26,30,31);2H,1H3. The van der Waals surface area contributed by atoms with Crippen molar-refractivity contribution in [3.63, 3.8) is 0 Å². The number of carbonyl (C=O) groups excluding carboxylic acids is 5. The number of aromatic nitrogens is 3. The van der Waals surface area contributed by atoms with Crippen LogP contribution in [0.15, 0.2) is 48.5 Å². The van der Waals surface area contributed by atoms with Crippen molar-refractivity contribution < 1.29 is 47.0 Å². The van der Waals surface area contributed by atoms with Crippen LogP contribution in [0.25, 0.3) is 32.9 Å². The van der Waals surface area contributed by atoms with Crippen LogP contribution < -0.4 is 19.9 Å². The molecule has 6 fully saturated rings. The molecule has 0 saturated carbocycles. The largest absolute Gasteiger partial charge is 0.471 e. The first-order valence-corrected chi connectivity index (χ1v) is 28.4. The molecule has 5 aromatic rings. The highest BCUT2D eigenvalue weighted by Crippen LogP contribution is 2.43. The molecule has 0 spiro atoms. The van der Waals surface area contributed by atoms with Gasteiger partial charge in [-0.2, -0.15) is 9.97 Å². The van der Waals surface area contributed by atoms with Crippen molar-refractivity contribution in [3.8, 4) is 29.6 Å². The highest BCUT2D eigenvalue weighted by Gasteiger charge is 2.47. The van der Waals surface area contributed by atoms with Crippen molar-refractivity contribution in [1.29, 1.82) is 0 Å². The molecule has 13 rings (SSSR count). The van der Waals surface area contributed by atoms with Gasteiger partial charge in [-0.25, -0.2) is 13.8 Å². The van der Waals surface area contributed by atoms with Crippen LogP contribution in [-0.4, -0.2) is 157 Å². The Balaban J connectivity index is 0.000000163. The van der Waals surface area contributed by atoms with Gasteiger partial charge in [-0.05, 0) is 158 Å². The number of ether oxygens (including phenoxy) is 3. The fourth-order valence-electron chi connectivity index (χ4n) is 13.7. The second-order valence-corrected chi connectivity index (χ2v) is 22.7. The number of nitrogens with zero attached hydrogens (tertiary/aromatic N) is 8. The van der Waals surface area contributed by atoms with Gasteiger partial charge in [0.15, 0.2) is 5.82 Å². The third kappa shape index (κ3) is 10.7. The molecule has 19 heteroatoms. The number of amides is 4. The molecule has 1 N–H and O–H groups in total. The predicted molar refractivity (Wildman–Crippen MR) is 297 cm³/mol. The average Bonchev–Trinajstić information content (AvgIpc) is 4.01. The number of carbonyl (C=O) groups is 5. The van der Waals surface area contributed by atoms with Crippen molar-refractivity contribution in [2.24, 2.45) is 11.8 Å². The summed E-state index contributed by atoms with van der Waals surface area (Å²) in [7, 11) is 3.51. The Morgan fingerprint density at radius 3 is 2.29 bits per heavy atom. The van der Waals surface area contributed by atoms with E-state index in [1.54, 1.807) is 24.3 Å². The molecular weight excluding hydrogens is 1020 g/mol. The number of benzene rings is 3. The Bertz CT molecular complexity index is 3250. The van der Waals surface area contributed by atoms with Crippen LogP contribution in [0, 0.1) is 35.8 Å². The maximum atomic E-state index is 16.9. The zero-order chi connectivity index (χ0) is 55.7. The van der Waals surface area contributed by atoms with Crippen molar-refractivity contribution in [3.05, 3.63) is 82.5 Å². The van der Waals surface area contributed by atoms with Crippen LogP contribution in [0.1, 0.15) is 115 Å². The molecule has 8 aliphatic heterocycles. The first-order valence-electron chi connectivity index (χ1n) is 28.4. The Kier molecular flexibility index (Phi) is 16.1. The van der Waals surface area contributed by atoms with Crippen molar-refractivity contribution in [2.45, 2.75) is 108 Å². The zero-order valence-corrected chi connectivity index (χ0v) is 45.7. The summed E-state index contributed by atoms with van der Waals surface area (Å²) in [5.41, 5.74) is 3.18. The molecule has 17 nitrogen and oxygen atoms in total. The third-order valence-electron chi connectivity index (χ3n) is 17.9. The monoisotopic (exact) mass is 1090 g/mol. The summed E-state index contributed by atoms with van der Waals surface area (Å²) in [5, 5.41) is 4.03. The summed E-state index contributed by atoms with van der Waals surface area (Å²) >= 11 is 0. The van der Waals surface area contributed by atoms with Gasteiger partial charge < -0.3 is 28.9 Å². The first kappa shape index (κ1) is 54.8. The number of pyridine rings is 1. The maximum Gasteiger partial charge on any atom is 0.319 e. The van der Waals surface area contributed by atoms with Gasteiger partial charge in [-0.3, -0.25) is 39.1 Å². The second kappa shape index (κ2) is 23.5. The van der Waals surface area contributed by atoms with E-state index in [0.717, 1.165) is 107 Å². The molecule has 0 bridgehead atoms. The summed E-state index contributed by atoms with van der Waals surface area (Å²) < 4.78 is 48.0. The van der Waals surface area contributed by atoms with E-state index in [0.29, 0.717) is 77.1 Å². The summed E-state index contributed by atoms with van der Waals surface area (Å²) in [6.07, 6.45) is 19.0. The van der Waals surface area contributed by atoms with Gasteiger partial charge in [-0.1, -0.05) is 30.2 Å². The number of terminal acetylenes is 1. The van der Waals surface area contributed by atoms with E-state index < -0.39 is 35.4 Å². The van der Waals surface area contributed by atoms with Crippen LogP contribution in [0.4, 0.5) is 20.3 Å². The first-order chi connectivity index (χ1) is 38.9. The van der Waals surface area contributed by atoms with Crippen molar-refractivity contribution in [1.82, 2.24) is 35.0 Å². The van der Waals surface area contributed by atoms with Crippen LogP contribution in [0.2, 0.25) is 0 Å². The van der Waals surface area contributed by atoms with Crippen LogP contribution in [-0.2, 0) is 30.3 Å². The van der Waals surface area contributed by atoms with E-state index in [1.165, 1.54) is 45.5 Å². The van der Waals surface area contributed by atoms with Crippen molar-refractivity contribution in [2.75, 3.05) is 89.6 Å². The Morgan fingerprint density at radius 1 is 0.825 bits per heavy atom. The molecule has 0 aliphatic carbocycles. The number of nitrogens with one attached hydrogen (secondary N) is 1. The van der Waals surface area contributed by atoms with Gasteiger partial charge in [0, 0.05) is 49.3 Å². The minimum atomic E-state index is -0.922. The second-order valence-electron chi connectivity index (χ2n) is 22.7. The molecule has 2 atom stereocenters. The zero-order valence-electron chi connectivity index (χ0n) is 45.7. The maximum absolute atomic E-state index is 16.9.